The number of nitrogens with one attached hydrogen (secondary N) is 2. The van der Waals surface area contributed by atoms with E-state index in [1.165, 1.54) is 0 Å². The number of benzene rings is 1. The number of amides is 2. The Morgan fingerprint density at radius 2 is 1.82 bits per heavy atom. The molecule has 5 nitrogen and oxygen atoms in total. The number of carbonyl (C=O) groups is 2. The van der Waals surface area contributed by atoms with Gasteiger partial charge in [0.1, 0.15) is 0 Å². The van der Waals surface area contributed by atoms with Gasteiger partial charge in [-0.1, -0.05) is 18.5 Å². The molecule has 0 unspecified atom stereocenters. The van der Waals surface area contributed by atoms with Crippen molar-refractivity contribution in [2.75, 3.05) is 5.32 Å². The number of carbonyl (C=O) groups excluding carboxylic acids is 2. The molecular weight excluding hydrogens is 302 g/mol. The molecule has 0 spiro atoms. The summed E-state index contributed by atoms with van der Waals surface area (Å²) in [6, 6.07) is 4.75. The zero-order valence-electron chi connectivity index (χ0n) is 13.7. The van der Waals surface area contributed by atoms with Gasteiger partial charge in [0.05, 0.1) is 16.1 Å². The van der Waals surface area contributed by atoms with Crippen LogP contribution >= 0.6 is 11.6 Å². The van der Waals surface area contributed by atoms with Crippen LogP contribution < -0.4 is 16.4 Å². The van der Waals surface area contributed by atoms with Crippen LogP contribution in [-0.4, -0.2) is 22.9 Å². The summed E-state index contributed by atoms with van der Waals surface area (Å²) in [5, 5.41) is 5.86. The SMILES string of the molecule is CCC(C)(C)NC(=O)c1ccc(NC(=O)C(C)(C)N)cc1Cl. The standard InChI is InChI=1S/C16H24ClN3O2/c1-6-15(2,3)20-13(21)11-8-7-10(9-12(11)17)19-14(22)16(4,5)18/h7-9H,6,18H2,1-5H3,(H,19,22)(H,20,21). The Morgan fingerprint density at radius 1 is 1.23 bits per heavy atom. The molecule has 0 atom stereocenters. The highest BCUT2D eigenvalue weighted by Gasteiger charge is 2.23. The largest absolute Gasteiger partial charge is 0.347 e. The minimum atomic E-state index is -0.992. The first-order valence-corrected chi connectivity index (χ1v) is 7.56. The lowest BCUT2D eigenvalue weighted by molar-refractivity contribution is -0.120. The van der Waals surface area contributed by atoms with Crippen molar-refractivity contribution >= 4 is 29.1 Å². The molecule has 0 aliphatic carbocycles. The van der Waals surface area contributed by atoms with E-state index in [1.54, 1.807) is 32.0 Å². The Balaban J connectivity index is 2.91. The van der Waals surface area contributed by atoms with Crippen molar-refractivity contribution in [3.63, 3.8) is 0 Å². The van der Waals surface area contributed by atoms with Crippen molar-refractivity contribution in [1.82, 2.24) is 5.32 Å². The van der Waals surface area contributed by atoms with Gasteiger partial charge in [0, 0.05) is 11.2 Å². The Hall–Kier alpha value is -1.59. The van der Waals surface area contributed by atoms with Crippen LogP contribution in [0.15, 0.2) is 18.2 Å². The number of hydrogen-bond donors (Lipinski definition) is 3. The maximum absolute atomic E-state index is 12.2. The van der Waals surface area contributed by atoms with E-state index < -0.39 is 5.54 Å². The molecule has 0 radical (unpaired) electrons. The van der Waals surface area contributed by atoms with Gasteiger partial charge in [-0.25, -0.2) is 0 Å². The third kappa shape index (κ3) is 5.00. The Labute approximate surface area is 136 Å². The first kappa shape index (κ1) is 18.5. The predicted molar refractivity (Wildman–Crippen MR) is 90.2 cm³/mol. The Kier molecular flexibility index (Phi) is 5.59. The van der Waals surface area contributed by atoms with Crippen LogP contribution in [0.5, 0.6) is 0 Å². The minimum Gasteiger partial charge on any atom is -0.347 e. The fourth-order valence-electron chi connectivity index (χ4n) is 1.53. The van der Waals surface area contributed by atoms with E-state index in [0.717, 1.165) is 6.42 Å². The van der Waals surface area contributed by atoms with Crippen LogP contribution in [0.25, 0.3) is 0 Å². The molecule has 0 saturated carbocycles. The third-order valence-electron chi connectivity index (χ3n) is 3.39. The molecule has 0 heterocycles. The predicted octanol–water partition coefficient (Wildman–Crippen LogP) is 2.93. The van der Waals surface area contributed by atoms with E-state index in [1.807, 2.05) is 20.8 Å². The number of rotatable bonds is 5. The lowest BCUT2D eigenvalue weighted by Crippen LogP contribution is -2.45. The average molecular weight is 326 g/mol. The first-order valence-electron chi connectivity index (χ1n) is 7.18. The molecule has 1 rings (SSSR count). The van der Waals surface area contributed by atoms with Gasteiger partial charge in [-0.2, -0.15) is 0 Å². The number of nitrogens with two attached hydrogens (primary N) is 1. The van der Waals surface area contributed by atoms with Crippen molar-refractivity contribution in [3.8, 4) is 0 Å². The van der Waals surface area contributed by atoms with Crippen LogP contribution in [0.1, 0.15) is 51.4 Å². The molecule has 0 aliphatic rings. The maximum Gasteiger partial charge on any atom is 0.253 e. The molecule has 0 aliphatic heterocycles. The van der Waals surface area contributed by atoms with Gasteiger partial charge in [0.25, 0.3) is 5.91 Å². The summed E-state index contributed by atoms with van der Waals surface area (Å²) in [5.74, 6) is -0.568. The molecule has 122 valence electrons. The van der Waals surface area contributed by atoms with Crippen LogP contribution in [0, 0.1) is 0 Å². The fourth-order valence-corrected chi connectivity index (χ4v) is 1.80. The summed E-state index contributed by atoms with van der Waals surface area (Å²) in [4.78, 5) is 24.1. The number of hydrogen-bond acceptors (Lipinski definition) is 3. The van der Waals surface area contributed by atoms with E-state index in [9.17, 15) is 9.59 Å². The molecule has 0 saturated heterocycles. The summed E-state index contributed by atoms with van der Waals surface area (Å²) in [6.45, 7) is 9.10. The van der Waals surface area contributed by atoms with Crippen LogP contribution in [0.2, 0.25) is 5.02 Å². The van der Waals surface area contributed by atoms with Gasteiger partial charge in [-0.15, -0.1) is 0 Å². The van der Waals surface area contributed by atoms with Crippen molar-refractivity contribution in [2.45, 2.75) is 52.1 Å². The van der Waals surface area contributed by atoms with Crippen LogP contribution in [0.4, 0.5) is 5.69 Å². The third-order valence-corrected chi connectivity index (χ3v) is 3.71. The molecule has 6 heteroatoms. The van der Waals surface area contributed by atoms with Crippen LogP contribution in [0.3, 0.4) is 0 Å². The zero-order chi connectivity index (χ0) is 17.1. The summed E-state index contributed by atoms with van der Waals surface area (Å²) >= 11 is 6.15. The first-order chi connectivity index (χ1) is 9.96. The molecule has 0 aromatic heterocycles. The zero-order valence-corrected chi connectivity index (χ0v) is 14.5. The molecule has 2 amide bonds. The quantitative estimate of drug-likeness (QED) is 0.778. The molecule has 1 aromatic carbocycles. The Morgan fingerprint density at radius 3 is 2.27 bits per heavy atom. The number of anilines is 1. The van der Waals surface area contributed by atoms with Gasteiger partial charge >= 0.3 is 0 Å². The monoisotopic (exact) mass is 325 g/mol. The summed E-state index contributed by atoms with van der Waals surface area (Å²) in [7, 11) is 0. The summed E-state index contributed by atoms with van der Waals surface area (Å²) in [6.07, 6.45) is 0.802. The van der Waals surface area contributed by atoms with Gasteiger partial charge in [-0.3, -0.25) is 9.59 Å². The van der Waals surface area contributed by atoms with E-state index >= 15 is 0 Å². The van der Waals surface area contributed by atoms with E-state index in [2.05, 4.69) is 10.6 Å². The van der Waals surface area contributed by atoms with Crippen molar-refractivity contribution in [2.24, 2.45) is 5.73 Å². The highest BCUT2D eigenvalue weighted by Crippen LogP contribution is 2.22. The van der Waals surface area contributed by atoms with E-state index in [0.29, 0.717) is 11.3 Å². The smallest absolute Gasteiger partial charge is 0.253 e. The van der Waals surface area contributed by atoms with Gasteiger partial charge in [-0.05, 0) is 52.3 Å². The van der Waals surface area contributed by atoms with Crippen molar-refractivity contribution < 1.29 is 9.59 Å². The van der Waals surface area contributed by atoms with Crippen molar-refractivity contribution in [3.05, 3.63) is 28.8 Å². The second-order valence-corrected chi connectivity index (χ2v) is 6.97. The fraction of sp³-hybridized carbons (Fsp3) is 0.500. The topological polar surface area (TPSA) is 84.2 Å². The summed E-state index contributed by atoms with van der Waals surface area (Å²) in [5.41, 5.74) is 5.29. The van der Waals surface area contributed by atoms with Gasteiger partial charge in [0.15, 0.2) is 0 Å². The maximum atomic E-state index is 12.2. The lowest BCUT2D eigenvalue weighted by Gasteiger charge is -2.25. The van der Waals surface area contributed by atoms with E-state index in [4.69, 9.17) is 17.3 Å². The number of halogens is 1. The average Bonchev–Trinajstić information content (AvgIpc) is 2.37. The molecule has 0 fully saturated rings. The summed E-state index contributed by atoms with van der Waals surface area (Å²) < 4.78 is 0. The van der Waals surface area contributed by atoms with Crippen molar-refractivity contribution in [1.29, 1.82) is 0 Å². The lowest BCUT2D eigenvalue weighted by atomic mass is 10.0. The van der Waals surface area contributed by atoms with Gasteiger partial charge < -0.3 is 16.4 Å². The molecule has 1 aromatic rings. The van der Waals surface area contributed by atoms with E-state index in [-0.39, 0.29) is 22.4 Å². The molecular formula is C16H24ClN3O2. The second-order valence-electron chi connectivity index (χ2n) is 6.56. The molecule has 4 N–H and O–H groups in total. The highest BCUT2D eigenvalue weighted by atomic mass is 35.5. The molecule has 22 heavy (non-hydrogen) atoms. The second kappa shape index (κ2) is 6.67. The minimum absolute atomic E-state index is 0.242. The Bertz CT molecular complexity index is 577. The normalized spacial score (nSPS) is 12.0. The van der Waals surface area contributed by atoms with Crippen LogP contribution in [-0.2, 0) is 4.79 Å². The van der Waals surface area contributed by atoms with Gasteiger partial charge in [0.2, 0.25) is 5.91 Å². The molecule has 0 bridgehead atoms. The highest BCUT2D eigenvalue weighted by molar-refractivity contribution is 6.34.